The van der Waals surface area contributed by atoms with Gasteiger partial charge in [0.1, 0.15) is 11.4 Å². The first-order valence-electron chi connectivity index (χ1n) is 7.58. The summed E-state index contributed by atoms with van der Waals surface area (Å²) in [7, 11) is 1.11. The third kappa shape index (κ3) is 3.58. The molecule has 0 aliphatic heterocycles. The minimum absolute atomic E-state index is 0.0149. The summed E-state index contributed by atoms with van der Waals surface area (Å²) < 4.78 is 50.9. The van der Waals surface area contributed by atoms with Crippen LogP contribution in [-0.4, -0.2) is 22.1 Å². The highest BCUT2D eigenvalue weighted by Crippen LogP contribution is 2.43. The van der Waals surface area contributed by atoms with Crippen molar-refractivity contribution in [2.24, 2.45) is 0 Å². The van der Waals surface area contributed by atoms with Crippen molar-refractivity contribution >= 4 is 0 Å². The Bertz CT molecular complexity index is 915. The second-order valence-electron chi connectivity index (χ2n) is 5.32. The molecule has 0 radical (unpaired) electrons. The number of hydrogen-bond acceptors (Lipinski definition) is 5. The van der Waals surface area contributed by atoms with E-state index < -0.39 is 23.5 Å². The molecule has 1 aromatic carbocycles. The van der Waals surface area contributed by atoms with Crippen LogP contribution in [0.3, 0.4) is 0 Å². The van der Waals surface area contributed by atoms with Crippen LogP contribution in [0.1, 0.15) is 11.1 Å². The van der Waals surface area contributed by atoms with Gasteiger partial charge in [0.15, 0.2) is 11.4 Å². The maximum absolute atomic E-state index is 13.6. The van der Waals surface area contributed by atoms with Crippen LogP contribution in [0.5, 0.6) is 17.5 Å². The fraction of sp³-hybridized carbons (Fsp3) is 0.167. The van der Waals surface area contributed by atoms with Gasteiger partial charge in [-0.1, -0.05) is 24.3 Å². The van der Waals surface area contributed by atoms with Crippen LogP contribution in [0, 0.1) is 6.92 Å². The van der Waals surface area contributed by atoms with Crippen molar-refractivity contribution < 1.29 is 22.6 Å². The van der Waals surface area contributed by atoms with Crippen LogP contribution in [0.4, 0.5) is 13.2 Å². The number of pyridine rings is 1. The van der Waals surface area contributed by atoms with Gasteiger partial charge in [-0.2, -0.15) is 23.1 Å². The van der Waals surface area contributed by atoms with Gasteiger partial charge in [0.25, 0.3) is 0 Å². The largest absolute Gasteiger partial charge is 0.480 e. The molecule has 0 amide bonds. The number of para-hydroxylation sites is 1. The molecule has 2 aromatic heterocycles. The number of aryl methyl sites for hydroxylation is 1. The Labute approximate surface area is 147 Å². The second kappa shape index (κ2) is 6.99. The number of alkyl halides is 3. The van der Waals surface area contributed by atoms with E-state index in [4.69, 9.17) is 9.47 Å². The number of nitrogens with zero attached hydrogens (tertiary/aromatic N) is 3. The molecule has 0 N–H and O–H groups in total. The minimum Gasteiger partial charge on any atom is -0.480 e. The zero-order chi connectivity index (χ0) is 18.7. The first-order chi connectivity index (χ1) is 12.4. The molecular weight excluding hydrogens is 347 g/mol. The van der Waals surface area contributed by atoms with Crippen molar-refractivity contribution in [1.82, 2.24) is 15.0 Å². The van der Waals surface area contributed by atoms with Crippen molar-refractivity contribution in [3.05, 3.63) is 59.8 Å². The van der Waals surface area contributed by atoms with Crippen molar-refractivity contribution in [2.75, 3.05) is 7.11 Å². The molecule has 3 rings (SSSR count). The van der Waals surface area contributed by atoms with E-state index in [1.807, 2.05) is 0 Å². The normalized spacial score (nSPS) is 11.3. The Kier molecular flexibility index (Phi) is 4.75. The fourth-order valence-corrected chi connectivity index (χ4v) is 2.31. The molecule has 0 saturated heterocycles. The molecule has 26 heavy (non-hydrogen) atoms. The Morgan fingerprint density at radius 2 is 1.62 bits per heavy atom. The maximum Gasteiger partial charge on any atom is 0.426 e. The zero-order valence-electron chi connectivity index (χ0n) is 13.9. The number of rotatable bonds is 4. The second-order valence-corrected chi connectivity index (χ2v) is 5.32. The van der Waals surface area contributed by atoms with E-state index in [0.717, 1.165) is 7.11 Å². The molecule has 0 spiro atoms. The molecule has 0 bridgehead atoms. The van der Waals surface area contributed by atoms with Crippen molar-refractivity contribution in [3.63, 3.8) is 0 Å². The Hall–Kier alpha value is -3.16. The van der Waals surface area contributed by atoms with E-state index in [1.54, 1.807) is 37.3 Å². The Balaban J connectivity index is 2.21. The highest BCUT2D eigenvalue weighted by Gasteiger charge is 2.41. The lowest BCUT2D eigenvalue weighted by atomic mass is 10.2. The molecule has 5 nitrogen and oxygen atoms in total. The van der Waals surface area contributed by atoms with Gasteiger partial charge in [-0.05, 0) is 30.7 Å². The SMILES string of the molecule is COc1nc(-c2ncccc2C)nc(Oc2ccccc2)c1C(F)(F)F. The summed E-state index contributed by atoms with van der Waals surface area (Å²) >= 11 is 0. The van der Waals surface area contributed by atoms with Gasteiger partial charge in [0, 0.05) is 6.20 Å². The van der Waals surface area contributed by atoms with Crippen LogP contribution < -0.4 is 9.47 Å². The number of aromatic nitrogens is 3. The van der Waals surface area contributed by atoms with E-state index in [9.17, 15) is 13.2 Å². The number of benzene rings is 1. The summed E-state index contributed by atoms with van der Waals surface area (Å²) in [6, 6.07) is 11.5. The smallest absolute Gasteiger partial charge is 0.426 e. The van der Waals surface area contributed by atoms with Gasteiger partial charge in [-0.3, -0.25) is 4.98 Å². The average Bonchev–Trinajstić information content (AvgIpc) is 2.61. The zero-order valence-corrected chi connectivity index (χ0v) is 13.9. The molecule has 8 heteroatoms. The lowest BCUT2D eigenvalue weighted by molar-refractivity contribution is -0.140. The number of halogens is 3. The van der Waals surface area contributed by atoms with E-state index >= 15 is 0 Å². The number of ether oxygens (including phenoxy) is 2. The topological polar surface area (TPSA) is 57.1 Å². The monoisotopic (exact) mass is 361 g/mol. The maximum atomic E-state index is 13.6. The van der Waals surface area contributed by atoms with Gasteiger partial charge in [0.05, 0.1) is 7.11 Å². The Morgan fingerprint density at radius 1 is 0.923 bits per heavy atom. The lowest BCUT2D eigenvalue weighted by Crippen LogP contribution is -2.13. The molecule has 0 unspecified atom stereocenters. The first kappa shape index (κ1) is 17.7. The molecule has 0 aliphatic rings. The summed E-state index contributed by atoms with van der Waals surface area (Å²) in [5.74, 6) is -1.07. The molecule has 3 aromatic rings. The summed E-state index contributed by atoms with van der Waals surface area (Å²) in [6.07, 6.45) is -3.25. The highest BCUT2D eigenvalue weighted by molar-refractivity contribution is 5.57. The van der Waals surface area contributed by atoms with Crippen LogP contribution in [0.2, 0.25) is 0 Å². The van der Waals surface area contributed by atoms with Crippen molar-refractivity contribution in [3.8, 4) is 29.0 Å². The molecule has 0 aliphatic carbocycles. The number of hydrogen-bond donors (Lipinski definition) is 0. The van der Waals surface area contributed by atoms with Gasteiger partial charge in [-0.25, -0.2) is 0 Å². The predicted molar refractivity (Wildman–Crippen MR) is 88.1 cm³/mol. The molecule has 0 saturated carbocycles. The molecule has 0 fully saturated rings. The minimum atomic E-state index is -4.76. The standard InChI is InChI=1S/C18H14F3N3O2/c1-11-7-6-10-22-14(11)15-23-16(25-2)13(18(19,20)21)17(24-15)26-12-8-4-3-5-9-12/h3-10H,1-2H3. The van der Waals surface area contributed by atoms with Gasteiger partial charge < -0.3 is 9.47 Å². The van der Waals surface area contributed by atoms with Crippen LogP contribution in [-0.2, 0) is 6.18 Å². The summed E-state index contributed by atoms with van der Waals surface area (Å²) in [4.78, 5) is 12.0. The van der Waals surface area contributed by atoms with E-state index in [1.165, 1.54) is 18.3 Å². The first-order valence-corrected chi connectivity index (χ1v) is 7.58. The van der Waals surface area contributed by atoms with Crippen molar-refractivity contribution in [1.29, 1.82) is 0 Å². The van der Waals surface area contributed by atoms with Gasteiger partial charge in [0.2, 0.25) is 11.8 Å². The lowest BCUT2D eigenvalue weighted by Gasteiger charge is -2.16. The van der Waals surface area contributed by atoms with E-state index in [2.05, 4.69) is 15.0 Å². The van der Waals surface area contributed by atoms with Crippen LogP contribution in [0.25, 0.3) is 11.5 Å². The van der Waals surface area contributed by atoms with Crippen molar-refractivity contribution in [2.45, 2.75) is 13.1 Å². The molecular formula is C18H14F3N3O2. The fourth-order valence-electron chi connectivity index (χ4n) is 2.31. The van der Waals surface area contributed by atoms with Gasteiger partial charge >= 0.3 is 6.18 Å². The number of methoxy groups -OCH3 is 1. The third-order valence-corrected chi connectivity index (χ3v) is 3.50. The predicted octanol–water partition coefficient (Wildman–Crippen LogP) is 4.67. The third-order valence-electron chi connectivity index (χ3n) is 3.50. The molecule has 0 atom stereocenters. The van der Waals surface area contributed by atoms with Gasteiger partial charge in [-0.15, -0.1) is 0 Å². The van der Waals surface area contributed by atoms with E-state index in [0.29, 0.717) is 11.3 Å². The molecule has 2 heterocycles. The molecule has 134 valence electrons. The van der Waals surface area contributed by atoms with E-state index in [-0.39, 0.29) is 11.6 Å². The quantitative estimate of drug-likeness (QED) is 0.676. The summed E-state index contributed by atoms with van der Waals surface area (Å²) in [5, 5.41) is 0. The van der Waals surface area contributed by atoms with Crippen LogP contribution in [0.15, 0.2) is 48.7 Å². The van der Waals surface area contributed by atoms with Crippen LogP contribution >= 0.6 is 0 Å². The average molecular weight is 361 g/mol. The highest BCUT2D eigenvalue weighted by atomic mass is 19.4. The summed E-state index contributed by atoms with van der Waals surface area (Å²) in [5.41, 5.74) is -0.126. The Morgan fingerprint density at radius 3 is 2.23 bits per heavy atom. The summed E-state index contributed by atoms with van der Waals surface area (Å²) in [6.45, 7) is 1.76.